The third kappa shape index (κ3) is 3.94. The van der Waals surface area contributed by atoms with E-state index in [1.54, 1.807) is 6.07 Å². The second kappa shape index (κ2) is 6.73. The Hall–Kier alpha value is -2.58. The average molecular weight is 302 g/mol. The van der Waals surface area contributed by atoms with Crippen molar-refractivity contribution in [3.8, 4) is 6.07 Å². The summed E-state index contributed by atoms with van der Waals surface area (Å²) in [5, 5.41) is 23.5. The van der Waals surface area contributed by atoms with Crippen molar-refractivity contribution in [3.05, 3.63) is 68.7 Å². The van der Waals surface area contributed by atoms with E-state index < -0.39 is 4.92 Å². The molecule has 5 nitrogen and oxygen atoms in total. The molecule has 2 rings (SSSR count). The first-order chi connectivity index (χ1) is 10.1. The number of hydrogen-bond donors (Lipinski definition) is 1. The van der Waals surface area contributed by atoms with Crippen molar-refractivity contribution < 1.29 is 4.92 Å². The topological polar surface area (TPSA) is 79.0 Å². The quantitative estimate of drug-likeness (QED) is 0.673. The Morgan fingerprint density at radius 3 is 2.76 bits per heavy atom. The highest BCUT2D eigenvalue weighted by Crippen LogP contribution is 2.21. The van der Waals surface area contributed by atoms with Crippen LogP contribution in [-0.4, -0.2) is 11.5 Å². The van der Waals surface area contributed by atoms with Crippen LogP contribution in [0.3, 0.4) is 0 Å². The second-order valence-electron chi connectivity index (χ2n) is 4.41. The molecule has 0 aliphatic carbocycles. The summed E-state index contributed by atoms with van der Waals surface area (Å²) >= 11 is 5.91. The van der Waals surface area contributed by atoms with Crippen LogP contribution >= 0.6 is 11.6 Å². The van der Waals surface area contributed by atoms with Gasteiger partial charge in [0.25, 0.3) is 5.69 Å². The van der Waals surface area contributed by atoms with Gasteiger partial charge in [0.05, 0.1) is 16.2 Å². The smallest absolute Gasteiger partial charge is 0.270 e. The van der Waals surface area contributed by atoms with E-state index >= 15 is 0 Å². The largest absolute Gasteiger partial charge is 0.384 e. The highest BCUT2D eigenvalue weighted by Gasteiger charge is 2.10. The van der Waals surface area contributed by atoms with Crippen molar-refractivity contribution in [2.24, 2.45) is 0 Å². The first-order valence-electron chi connectivity index (χ1n) is 6.27. The molecule has 2 aromatic rings. The number of rotatable bonds is 5. The number of anilines is 1. The molecule has 0 fully saturated rings. The van der Waals surface area contributed by atoms with Crippen LogP contribution < -0.4 is 5.32 Å². The number of nitrogens with zero attached hydrogens (tertiary/aromatic N) is 2. The summed E-state index contributed by atoms with van der Waals surface area (Å²) in [6.45, 7) is 0.604. The van der Waals surface area contributed by atoms with Crippen LogP contribution in [0.4, 0.5) is 11.4 Å². The molecule has 0 amide bonds. The second-order valence-corrected chi connectivity index (χ2v) is 4.84. The number of non-ortho nitro benzene ring substituents is 1. The molecule has 21 heavy (non-hydrogen) atoms. The number of nitriles is 1. The van der Waals surface area contributed by atoms with Gasteiger partial charge in [0.1, 0.15) is 6.07 Å². The van der Waals surface area contributed by atoms with Gasteiger partial charge in [-0.15, -0.1) is 0 Å². The lowest BCUT2D eigenvalue weighted by Gasteiger charge is -2.08. The summed E-state index contributed by atoms with van der Waals surface area (Å²) in [6, 6.07) is 13.7. The van der Waals surface area contributed by atoms with Gasteiger partial charge in [-0.25, -0.2) is 0 Å². The zero-order valence-electron chi connectivity index (χ0n) is 11.0. The van der Waals surface area contributed by atoms with E-state index in [0.29, 0.717) is 17.3 Å². The van der Waals surface area contributed by atoms with E-state index in [0.717, 1.165) is 12.0 Å². The molecule has 0 bridgehead atoms. The van der Waals surface area contributed by atoms with Crippen LogP contribution in [0, 0.1) is 21.4 Å². The number of nitro groups is 1. The van der Waals surface area contributed by atoms with E-state index in [1.165, 1.54) is 12.1 Å². The van der Waals surface area contributed by atoms with E-state index in [4.69, 9.17) is 16.9 Å². The number of halogens is 1. The van der Waals surface area contributed by atoms with Crippen LogP contribution in [0.1, 0.15) is 11.1 Å². The summed E-state index contributed by atoms with van der Waals surface area (Å²) in [4.78, 5) is 10.2. The molecular formula is C15H12ClN3O2. The third-order valence-corrected chi connectivity index (χ3v) is 3.19. The molecule has 0 aliphatic rings. The fourth-order valence-electron chi connectivity index (χ4n) is 1.93. The molecule has 6 heteroatoms. The summed E-state index contributed by atoms with van der Waals surface area (Å²) in [6.07, 6.45) is 0.739. The molecule has 0 aromatic heterocycles. The maximum Gasteiger partial charge on any atom is 0.270 e. The lowest BCUT2D eigenvalue weighted by molar-refractivity contribution is -0.384. The van der Waals surface area contributed by atoms with Crippen molar-refractivity contribution in [1.29, 1.82) is 5.26 Å². The third-order valence-electron chi connectivity index (χ3n) is 2.95. The Morgan fingerprint density at radius 1 is 1.29 bits per heavy atom. The molecule has 0 heterocycles. The van der Waals surface area contributed by atoms with Gasteiger partial charge in [-0.05, 0) is 30.2 Å². The van der Waals surface area contributed by atoms with Gasteiger partial charge in [0, 0.05) is 23.7 Å². The van der Waals surface area contributed by atoms with Gasteiger partial charge in [-0.1, -0.05) is 23.7 Å². The van der Waals surface area contributed by atoms with Crippen molar-refractivity contribution in [2.45, 2.75) is 6.42 Å². The molecule has 0 saturated heterocycles. The summed E-state index contributed by atoms with van der Waals surface area (Å²) in [5.74, 6) is 0. The van der Waals surface area contributed by atoms with Crippen molar-refractivity contribution >= 4 is 23.0 Å². The molecule has 106 valence electrons. The monoisotopic (exact) mass is 301 g/mol. The Kier molecular flexibility index (Phi) is 4.75. The summed E-state index contributed by atoms with van der Waals surface area (Å²) < 4.78 is 0. The molecule has 0 spiro atoms. The zero-order chi connectivity index (χ0) is 15.2. The average Bonchev–Trinajstić information content (AvgIpc) is 2.47. The minimum atomic E-state index is -0.517. The van der Waals surface area contributed by atoms with E-state index in [-0.39, 0.29) is 11.3 Å². The minimum Gasteiger partial charge on any atom is -0.384 e. The molecule has 0 unspecified atom stereocenters. The highest BCUT2D eigenvalue weighted by atomic mass is 35.5. The molecule has 2 aromatic carbocycles. The Bertz CT molecular complexity index is 710. The lowest BCUT2D eigenvalue weighted by atomic mass is 10.1. The highest BCUT2D eigenvalue weighted by molar-refractivity contribution is 6.30. The standard InChI is InChI=1S/C15H12ClN3O2/c16-13-3-1-2-11(8-13)6-7-18-15-5-4-14(19(20)21)9-12(15)10-17/h1-5,8-9,18H,6-7H2. The maximum atomic E-state index is 10.7. The molecule has 0 aliphatic heterocycles. The van der Waals surface area contributed by atoms with Gasteiger partial charge in [-0.2, -0.15) is 5.26 Å². The fraction of sp³-hybridized carbons (Fsp3) is 0.133. The molecule has 0 saturated carbocycles. The number of benzene rings is 2. The van der Waals surface area contributed by atoms with Crippen molar-refractivity contribution in [1.82, 2.24) is 0 Å². The van der Waals surface area contributed by atoms with Crippen LogP contribution in [0.15, 0.2) is 42.5 Å². The van der Waals surface area contributed by atoms with Crippen LogP contribution in [0.5, 0.6) is 0 Å². The van der Waals surface area contributed by atoms with Crippen molar-refractivity contribution in [3.63, 3.8) is 0 Å². The molecule has 1 N–H and O–H groups in total. The normalized spacial score (nSPS) is 9.90. The van der Waals surface area contributed by atoms with E-state index in [1.807, 2.05) is 30.3 Å². The maximum absolute atomic E-state index is 10.7. The molecule has 0 radical (unpaired) electrons. The summed E-state index contributed by atoms with van der Waals surface area (Å²) in [5.41, 5.74) is 1.84. The number of hydrogen-bond acceptors (Lipinski definition) is 4. The number of nitro benzene ring substituents is 1. The predicted octanol–water partition coefficient (Wildman–Crippen LogP) is 3.77. The Morgan fingerprint density at radius 2 is 2.10 bits per heavy atom. The molecular weight excluding hydrogens is 290 g/mol. The van der Waals surface area contributed by atoms with Gasteiger partial charge < -0.3 is 5.32 Å². The zero-order valence-corrected chi connectivity index (χ0v) is 11.8. The van der Waals surface area contributed by atoms with Crippen LogP contribution in [0.25, 0.3) is 0 Å². The lowest BCUT2D eigenvalue weighted by Crippen LogP contribution is -2.06. The van der Waals surface area contributed by atoms with Crippen molar-refractivity contribution in [2.75, 3.05) is 11.9 Å². The van der Waals surface area contributed by atoms with Gasteiger partial charge in [0.15, 0.2) is 0 Å². The van der Waals surface area contributed by atoms with Crippen LogP contribution in [-0.2, 0) is 6.42 Å². The Labute approximate surface area is 126 Å². The fourth-order valence-corrected chi connectivity index (χ4v) is 2.14. The SMILES string of the molecule is N#Cc1cc([N+](=O)[O-])ccc1NCCc1cccc(Cl)c1. The van der Waals surface area contributed by atoms with Crippen LogP contribution in [0.2, 0.25) is 5.02 Å². The van der Waals surface area contributed by atoms with E-state index in [2.05, 4.69) is 5.32 Å². The van der Waals surface area contributed by atoms with Gasteiger partial charge in [0.2, 0.25) is 0 Å². The van der Waals surface area contributed by atoms with Gasteiger partial charge >= 0.3 is 0 Å². The van der Waals surface area contributed by atoms with Gasteiger partial charge in [-0.3, -0.25) is 10.1 Å². The first kappa shape index (κ1) is 14.8. The predicted molar refractivity (Wildman–Crippen MR) is 81.5 cm³/mol. The van der Waals surface area contributed by atoms with E-state index in [9.17, 15) is 10.1 Å². The summed E-state index contributed by atoms with van der Waals surface area (Å²) in [7, 11) is 0. The molecule has 0 atom stereocenters. The first-order valence-corrected chi connectivity index (χ1v) is 6.65. The minimum absolute atomic E-state index is 0.0908. The number of nitrogens with one attached hydrogen (secondary N) is 1. The Balaban J connectivity index is 2.03.